The first-order valence-electron chi connectivity index (χ1n) is 8.91. The molecule has 0 fully saturated rings. The van der Waals surface area contributed by atoms with Gasteiger partial charge in [0.2, 0.25) is 11.8 Å². The number of amides is 2. The number of benzene rings is 2. The highest BCUT2D eigenvalue weighted by Gasteiger charge is 2.15. The van der Waals surface area contributed by atoms with Crippen LogP contribution in [0.3, 0.4) is 0 Å². The third-order valence-electron chi connectivity index (χ3n) is 4.16. The van der Waals surface area contributed by atoms with Crippen LogP contribution >= 0.6 is 11.6 Å². The van der Waals surface area contributed by atoms with Gasteiger partial charge in [-0.1, -0.05) is 29.8 Å². The number of halogens is 2. The summed E-state index contributed by atoms with van der Waals surface area (Å²) in [5, 5.41) is 3.10. The summed E-state index contributed by atoms with van der Waals surface area (Å²) < 4.78 is 18.8. The third-order valence-corrected chi connectivity index (χ3v) is 4.49. The molecule has 1 heterocycles. The molecule has 0 aliphatic rings. The highest BCUT2D eigenvalue weighted by Crippen LogP contribution is 2.28. The Balaban J connectivity index is 1.50. The molecule has 0 saturated heterocycles. The quantitative estimate of drug-likeness (QED) is 0.628. The van der Waals surface area contributed by atoms with Gasteiger partial charge in [0.15, 0.2) is 11.7 Å². The lowest BCUT2D eigenvalue weighted by Crippen LogP contribution is -2.35. The number of aryl methyl sites for hydroxylation is 1. The first-order valence-corrected chi connectivity index (χ1v) is 9.29. The van der Waals surface area contributed by atoms with Crippen molar-refractivity contribution in [2.75, 3.05) is 18.9 Å². The maximum Gasteiger partial charge on any atom is 0.243 e. The third kappa shape index (κ3) is 5.65. The number of nitrogens with zero attached hydrogens (tertiary/aromatic N) is 2. The van der Waals surface area contributed by atoms with Gasteiger partial charge in [0.1, 0.15) is 5.82 Å². The van der Waals surface area contributed by atoms with Crippen LogP contribution < -0.4 is 5.32 Å². The van der Waals surface area contributed by atoms with Crippen molar-refractivity contribution in [2.24, 2.45) is 0 Å². The Labute approximate surface area is 172 Å². The van der Waals surface area contributed by atoms with Crippen LogP contribution in [0.2, 0.25) is 5.02 Å². The van der Waals surface area contributed by atoms with Gasteiger partial charge in [0.05, 0.1) is 17.8 Å². The molecule has 8 heteroatoms. The molecule has 150 valence electrons. The summed E-state index contributed by atoms with van der Waals surface area (Å²) >= 11 is 6.14. The number of hydrogen-bond donors (Lipinski definition) is 1. The van der Waals surface area contributed by atoms with Gasteiger partial charge in [-0.3, -0.25) is 9.59 Å². The Morgan fingerprint density at radius 3 is 2.76 bits per heavy atom. The second-order valence-electron chi connectivity index (χ2n) is 6.41. The fraction of sp³-hybridized carbons (Fsp3) is 0.190. The topological polar surface area (TPSA) is 75.4 Å². The fourth-order valence-corrected chi connectivity index (χ4v) is 2.92. The van der Waals surface area contributed by atoms with E-state index in [1.54, 1.807) is 18.3 Å². The van der Waals surface area contributed by atoms with E-state index in [1.807, 2.05) is 18.2 Å². The summed E-state index contributed by atoms with van der Waals surface area (Å²) in [6.45, 7) is -0.147. The summed E-state index contributed by atoms with van der Waals surface area (Å²) in [6, 6.07) is 12.8. The molecule has 0 radical (unpaired) electrons. The molecular weight excluding hydrogens is 397 g/mol. The number of oxazole rings is 1. The van der Waals surface area contributed by atoms with Crippen molar-refractivity contribution in [3.8, 4) is 11.3 Å². The summed E-state index contributed by atoms with van der Waals surface area (Å²) in [5.74, 6) is -0.165. The molecule has 6 nitrogen and oxygen atoms in total. The predicted octanol–water partition coefficient (Wildman–Crippen LogP) is 4.16. The summed E-state index contributed by atoms with van der Waals surface area (Å²) in [7, 11) is 1.53. The second-order valence-corrected chi connectivity index (χ2v) is 6.81. The van der Waals surface area contributed by atoms with E-state index in [0.717, 1.165) is 5.56 Å². The number of nitrogens with one attached hydrogen (secondary N) is 1. The van der Waals surface area contributed by atoms with Crippen molar-refractivity contribution in [1.29, 1.82) is 0 Å². The molecule has 29 heavy (non-hydrogen) atoms. The largest absolute Gasteiger partial charge is 0.441 e. The van der Waals surface area contributed by atoms with Gasteiger partial charge in [-0.2, -0.15) is 0 Å². The number of carbonyl (C=O) groups excluding carboxylic acids is 2. The highest BCUT2D eigenvalue weighted by atomic mass is 35.5. The van der Waals surface area contributed by atoms with Gasteiger partial charge >= 0.3 is 0 Å². The van der Waals surface area contributed by atoms with Crippen molar-refractivity contribution in [2.45, 2.75) is 12.8 Å². The van der Waals surface area contributed by atoms with E-state index in [-0.39, 0.29) is 18.9 Å². The number of hydrogen-bond acceptors (Lipinski definition) is 4. The summed E-state index contributed by atoms with van der Waals surface area (Å²) in [5.41, 5.74) is 1.06. The monoisotopic (exact) mass is 415 g/mol. The zero-order chi connectivity index (χ0) is 20.8. The van der Waals surface area contributed by atoms with Crippen LogP contribution in [-0.2, 0) is 16.0 Å². The van der Waals surface area contributed by atoms with Crippen molar-refractivity contribution in [1.82, 2.24) is 9.88 Å². The molecule has 0 bridgehead atoms. The van der Waals surface area contributed by atoms with Crippen LogP contribution in [0.15, 0.2) is 59.1 Å². The van der Waals surface area contributed by atoms with Gasteiger partial charge in [0, 0.05) is 31.1 Å². The molecule has 1 N–H and O–H groups in total. The lowest BCUT2D eigenvalue weighted by molar-refractivity contribution is -0.133. The molecule has 0 spiro atoms. The SMILES string of the molecule is CN(CC(=O)Nc1cccc(F)c1)C(=O)CCc1ncc(-c2ccccc2Cl)o1. The van der Waals surface area contributed by atoms with Crippen molar-refractivity contribution in [3.63, 3.8) is 0 Å². The molecule has 0 atom stereocenters. The zero-order valence-electron chi connectivity index (χ0n) is 15.7. The number of rotatable bonds is 7. The average Bonchev–Trinajstić information content (AvgIpc) is 3.15. The minimum Gasteiger partial charge on any atom is -0.441 e. The van der Waals surface area contributed by atoms with Gasteiger partial charge in [-0.25, -0.2) is 9.37 Å². The summed E-state index contributed by atoms with van der Waals surface area (Å²) in [6.07, 6.45) is 1.99. The smallest absolute Gasteiger partial charge is 0.243 e. The van der Waals surface area contributed by atoms with E-state index in [1.165, 1.54) is 30.1 Å². The average molecular weight is 416 g/mol. The van der Waals surface area contributed by atoms with Crippen molar-refractivity contribution < 1.29 is 18.4 Å². The van der Waals surface area contributed by atoms with Gasteiger partial charge in [-0.15, -0.1) is 0 Å². The van der Waals surface area contributed by atoms with Gasteiger partial charge in [-0.05, 0) is 30.3 Å². The highest BCUT2D eigenvalue weighted by molar-refractivity contribution is 6.33. The van der Waals surface area contributed by atoms with E-state index in [4.69, 9.17) is 16.0 Å². The number of likely N-dealkylation sites (N-methyl/N-ethyl adjacent to an activating group) is 1. The minimum absolute atomic E-state index is 0.131. The number of anilines is 1. The zero-order valence-corrected chi connectivity index (χ0v) is 16.4. The molecule has 0 aliphatic heterocycles. The maximum atomic E-state index is 13.2. The lowest BCUT2D eigenvalue weighted by atomic mass is 10.2. The Hall–Kier alpha value is -3.19. The van der Waals surface area contributed by atoms with E-state index in [0.29, 0.717) is 28.8 Å². The Morgan fingerprint density at radius 1 is 1.21 bits per heavy atom. The van der Waals surface area contributed by atoms with E-state index in [9.17, 15) is 14.0 Å². The normalized spacial score (nSPS) is 10.6. The van der Waals surface area contributed by atoms with Crippen LogP contribution in [0.1, 0.15) is 12.3 Å². The molecular formula is C21H19ClFN3O3. The molecule has 0 aliphatic carbocycles. The van der Waals surface area contributed by atoms with Crippen LogP contribution in [-0.4, -0.2) is 35.3 Å². The molecule has 3 rings (SSSR count). The van der Waals surface area contributed by atoms with E-state index in [2.05, 4.69) is 10.3 Å². The lowest BCUT2D eigenvalue weighted by Gasteiger charge is -2.16. The first-order chi connectivity index (χ1) is 13.9. The molecule has 0 saturated carbocycles. The van der Waals surface area contributed by atoms with Crippen LogP contribution in [0.25, 0.3) is 11.3 Å². The molecule has 1 aromatic heterocycles. The fourth-order valence-electron chi connectivity index (χ4n) is 2.69. The van der Waals surface area contributed by atoms with Gasteiger partial charge in [0.25, 0.3) is 0 Å². The van der Waals surface area contributed by atoms with Crippen molar-refractivity contribution >= 4 is 29.1 Å². The van der Waals surface area contributed by atoms with Crippen LogP contribution in [0, 0.1) is 5.82 Å². The second kappa shape index (κ2) is 9.34. The standard InChI is InChI=1S/C21H19ClFN3O3/c1-26(13-19(27)25-15-6-4-5-14(23)11-15)21(28)10-9-20-24-12-18(29-20)16-7-2-3-8-17(16)22/h2-8,11-12H,9-10,13H2,1H3,(H,25,27). The Kier molecular flexibility index (Phi) is 6.61. The van der Waals surface area contributed by atoms with E-state index >= 15 is 0 Å². The van der Waals surface area contributed by atoms with Crippen molar-refractivity contribution in [3.05, 3.63) is 71.5 Å². The van der Waals surface area contributed by atoms with Gasteiger partial charge < -0.3 is 14.6 Å². The Bertz CT molecular complexity index is 1020. The minimum atomic E-state index is -0.450. The first kappa shape index (κ1) is 20.5. The number of aromatic nitrogens is 1. The molecule has 2 aromatic carbocycles. The summed E-state index contributed by atoms with van der Waals surface area (Å²) in [4.78, 5) is 29.8. The maximum absolute atomic E-state index is 13.2. The molecule has 2 amide bonds. The Morgan fingerprint density at radius 2 is 2.00 bits per heavy atom. The van der Waals surface area contributed by atoms with Crippen LogP contribution in [0.5, 0.6) is 0 Å². The van der Waals surface area contributed by atoms with Crippen LogP contribution in [0.4, 0.5) is 10.1 Å². The molecule has 3 aromatic rings. The predicted molar refractivity (Wildman–Crippen MR) is 108 cm³/mol. The molecule has 0 unspecified atom stereocenters. The number of carbonyl (C=O) groups is 2. The van der Waals surface area contributed by atoms with E-state index < -0.39 is 11.7 Å².